The van der Waals surface area contributed by atoms with Crippen molar-refractivity contribution in [3.05, 3.63) is 0 Å². The quantitative estimate of drug-likeness (QED) is 0.253. The molecule has 0 saturated heterocycles. The van der Waals surface area contributed by atoms with Gasteiger partial charge in [0.2, 0.25) is 6.41 Å². The summed E-state index contributed by atoms with van der Waals surface area (Å²) in [6, 6.07) is 0. The normalized spacial score (nSPS) is 18.0. The predicted octanol–water partition coefficient (Wildman–Crippen LogP) is -4.21. The van der Waals surface area contributed by atoms with Crippen molar-refractivity contribution in [1.82, 2.24) is 5.32 Å². The van der Waals surface area contributed by atoms with Crippen LogP contribution in [0.1, 0.15) is 0 Å². The van der Waals surface area contributed by atoms with Gasteiger partial charge in [0, 0.05) is 0 Å². The first-order valence-electron chi connectivity index (χ1n) is 4.02. The lowest BCUT2D eigenvalue weighted by molar-refractivity contribution is -0.166. The van der Waals surface area contributed by atoms with Gasteiger partial charge in [-0.1, -0.05) is 0 Å². The summed E-state index contributed by atoms with van der Waals surface area (Å²) in [5.74, 6) is -3.17. The third-order valence-corrected chi connectivity index (χ3v) is 1.72. The van der Waals surface area contributed by atoms with Crippen LogP contribution in [0.25, 0.3) is 0 Å². The molecule has 0 radical (unpaired) electrons. The van der Waals surface area contributed by atoms with Crippen LogP contribution in [-0.2, 0) is 14.4 Å². The van der Waals surface area contributed by atoms with E-state index in [4.69, 9.17) is 25.5 Å². The largest absolute Gasteiger partial charge is 0.479 e. The molecule has 0 aromatic heterocycles. The van der Waals surface area contributed by atoms with Crippen LogP contribution in [0.15, 0.2) is 0 Å². The minimum absolute atomic E-state index is 0.0712. The highest BCUT2D eigenvalue weighted by molar-refractivity contribution is 5.89. The molecule has 9 nitrogen and oxygen atoms in total. The summed E-state index contributed by atoms with van der Waals surface area (Å²) in [6.45, 7) is 0. The van der Waals surface area contributed by atoms with E-state index < -0.39 is 36.3 Å². The number of carbonyl (C=O) groups is 3. The maximum Gasteiger partial charge on any atom is 0.335 e. The van der Waals surface area contributed by atoms with Crippen LogP contribution in [-0.4, -0.2) is 68.2 Å². The highest BCUT2D eigenvalue weighted by atomic mass is 16.4. The molecule has 4 atom stereocenters. The molecule has 9 heteroatoms. The van der Waals surface area contributed by atoms with Gasteiger partial charge in [0.25, 0.3) is 5.91 Å². The Morgan fingerprint density at radius 2 is 1.44 bits per heavy atom. The van der Waals surface area contributed by atoms with Crippen LogP contribution >= 0.6 is 0 Å². The molecule has 0 aliphatic rings. The number of aliphatic hydroxyl groups is 4. The van der Waals surface area contributed by atoms with Gasteiger partial charge in [0.05, 0.1) is 0 Å². The van der Waals surface area contributed by atoms with Crippen LogP contribution in [0.3, 0.4) is 0 Å². The number of carboxylic acid groups (broad SMARTS) is 1. The van der Waals surface area contributed by atoms with Crippen LogP contribution in [0.2, 0.25) is 0 Å². The summed E-state index contributed by atoms with van der Waals surface area (Å²) in [5, 5.41) is 45.7. The average Bonchev–Trinajstić information content (AvgIpc) is 2.25. The smallest absolute Gasteiger partial charge is 0.335 e. The van der Waals surface area contributed by atoms with E-state index in [0.29, 0.717) is 0 Å². The topological polar surface area (TPSA) is 164 Å². The summed E-state index contributed by atoms with van der Waals surface area (Å²) < 4.78 is 0. The Hall–Kier alpha value is -1.55. The lowest BCUT2D eigenvalue weighted by atomic mass is 10.0. The van der Waals surface area contributed by atoms with Gasteiger partial charge < -0.3 is 25.5 Å². The number of carbonyl (C=O) groups excluding carboxylic acids is 2. The van der Waals surface area contributed by atoms with Crippen molar-refractivity contribution in [2.45, 2.75) is 24.4 Å². The van der Waals surface area contributed by atoms with Crippen LogP contribution < -0.4 is 5.32 Å². The molecule has 0 saturated carbocycles. The van der Waals surface area contributed by atoms with Gasteiger partial charge >= 0.3 is 5.97 Å². The number of imide groups is 1. The maximum absolute atomic E-state index is 10.8. The Bertz CT molecular complexity index is 280. The number of carboxylic acids is 1. The number of amides is 2. The highest BCUT2D eigenvalue weighted by Crippen LogP contribution is 2.05. The second kappa shape index (κ2) is 6.12. The van der Waals surface area contributed by atoms with E-state index in [9.17, 15) is 14.4 Å². The summed E-state index contributed by atoms with van der Waals surface area (Å²) in [6.07, 6.45) is -9.20. The van der Waals surface area contributed by atoms with Gasteiger partial charge in [-0.2, -0.15) is 0 Å². The molecule has 3 unspecified atom stereocenters. The minimum Gasteiger partial charge on any atom is -0.479 e. The number of hydrogen-bond acceptors (Lipinski definition) is 7. The number of rotatable bonds is 6. The van der Waals surface area contributed by atoms with Crippen molar-refractivity contribution in [3.63, 3.8) is 0 Å². The standard InChI is InChI=1S/C7H11NO8/c9-1-8-6(14)4(12)2(10)3(11)5(13)7(15)16/h1-5,10-13H,(H,15,16)(H,8,9,14)/t2?,3?,4?,5-/m1/s1. The molecular formula is C7H11NO8. The van der Waals surface area contributed by atoms with E-state index in [1.165, 1.54) is 5.32 Å². The molecule has 0 aliphatic carbocycles. The van der Waals surface area contributed by atoms with Crippen molar-refractivity contribution in [2.24, 2.45) is 0 Å². The van der Waals surface area contributed by atoms with E-state index in [1.54, 1.807) is 0 Å². The van der Waals surface area contributed by atoms with Crippen LogP contribution in [0.5, 0.6) is 0 Å². The Kier molecular flexibility index (Phi) is 5.53. The van der Waals surface area contributed by atoms with Gasteiger partial charge in [-0.3, -0.25) is 14.9 Å². The van der Waals surface area contributed by atoms with Crippen molar-refractivity contribution in [1.29, 1.82) is 0 Å². The maximum atomic E-state index is 10.8. The first-order chi connectivity index (χ1) is 7.32. The van der Waals surface area contributed by atoms with Crippen molar-refractivity contribution in [2.75, 3.05) is 0 Å². The van der Waals surface area contributed by atoms with E-state index in [2.05, 4.69) is 0 Å². The Morgan fingerprint density at radius 3 is 1.81 bits per heavy atom. The summed E-state index contributed by atoms with van der Waals surface area (Å²) in [7, 11) is 0. The zero-order valence-corrected chi connectivity index (χ0v) is 7.85. The Labute approximate surface area is 88.9 Å². The van der Waals surface area contributed by atoms with E-state index in [-0.39, 0.29) is 6.41 Å². The molecule has 0 spiro atoms. The van der Waals surface area contributed by atoms with Crippen LogP contribution in [0.4, 0.5) is 0 Å². The summed E-state index contributed by atoms with van der Waals surface area (Å²) >= 11 is 0. The number of aliphatic carboxylic acids is 1. The van der Waals surface area contributed by atoms with Gasteiger partial charge in [0.1, 0.15) is 12.2 Å². The van der Waals surface area contributed by atoms with Crippen molar-refractivity contribution < 1.29 is 39.9 Å². The van der Waals surface area contributed by atoms with Gasteiger partial charge in [0.15, 0.2) is 12.2 Å². The fourth-order valence-electron chi connectivity index (χ4n) is 0.818. The number of hydrogen-bond donors (Lipinski definition) is 6. The van der Waals surface area contributed by atoms with Gasteiger partial charge in [-0.05, 0) is 0 Å². The molecule has 0 bridgehead atoms. The first-order valence-corrected chi connectivity index (χ1v) is 4.02. The molecular weight excluding hydrogens is 226 g/mol. The third-order valence-electron chi connectivity index (χ3n) is 1.72. The summed E-state index contributed by atoms with van der Waals surface area (Å²) in [5.41, 5.74) is 0. The molecule has 2 amide bonds. The second-order valence-corrected chi connectivity index (χ2v) is 2.84. The third kappa shape index (κ3) is 3.55. The zero-order chi connectivity index (χ0) is 12.9. The molecule has 0 aliphatic heterocycles. The number of nitrogens with one attached hydrogen (secondary N) is 1. The molecule has 0 heterocycles. The molecule has 0 rings (SSSR count). The molecule has 6 N–H and O–H groups in total. The first kappa shape index (κ1) is 14.5. The van der Waals surface area contributed by atoms with Crippen molar-refractivity contribution in [3.8, 4) is 0 Å². The molecule has 0 aromatic carbocycles. The molecule has 0 fully saturated rings. The second-order valence-electron chi connectivity index (χ2n) is 2.84. The Balaban J connectivity index is 4.53. The van der Waals surface area contributed by atoms with Crippen molar-refractivity contribution >= 4 is 18.3 Å². The van der Waals surface area contributed by atoms with E-state index >= 15 is 0 Å². The Morgan fingerprint density at radius 1 is 1.00 bits per heavy atom. The van der Waals surface area contributed by atoms with E-state index in [0.717, 1.165) is 0 Å². The monoisotopic (exact) mass is 237 g/mol. The molecule has 16 heavy (non-hydrogen) atoms. The lowest BCUT2D eigenvalue weighted by Gasteiger charge is -2.23. The fourth-order valence-corrected chi connectivity index (χ4v) is 0.818. The SMILES string of the molecule is O=CNC(=O)C(O)C(O)C(O)[C@@H](O)C(=O)O. The van der Waals surface area contributed by atoms with Crippen LogP contribution in [0, 0.1) is 0 Å². The fraction of sp³-hybridized carbons (Fsp3) is 0.571. The average molecular weight is 237 g/mol. The molecule has 0 aromatic rings. The highest BCUT2D eigenvalue weighted by Gasteiger charge is 2.37. The van der Waals surface area contributed by atoms with Gasteiger partial charge in [-0.15, -0.1) is 0 Å². The zero-order valence-electron chi connectivity index (χ0n) is 7.85. The number of aliphatic hydroxyl groups excluding tert-OH is 4. The van der Waals surface area contributed by atoms with E-state index in [1.807, 2.05) is 0 Å². The molecule has 92 valence electrons. The minimum atomic E-state index is -2.37. The van der Waals surface area contributed by atoms with Gasteiger partial charge in [-0.25, -0.2) is 4.79 Å². The summed E-state index contributed by atoms with van der Waals surface area (Å²) in [4.78, 5) is 30.8. The lowest BCUT2D eigenvalue weighted by Crippen LogP contribution is -2.52. The predicted molar refractivity (Wildman–Crippen MR) is 45.9 cm³/mol.